The number of aromatic amines is 1. The summed E-state index contributed by atoms with van der Waals surface area (Å²) in [5.41, 5.74) is 1.64. The molecule has 1 heterocycles. The van der Waals surface area contributed by atoms with Crippen molar-refractivity contribution in [2.45, 2.75) is 6.18 Å². The highest BCUT2D eigenvalue weighted by Gasteiger charge is 2.29. The molecule has 2 nitrogen and oxygen atoms in total. The molecule has 1 N–H and O–H groups in total. The minimum Gasteiger partial charge on any atom is -0.361 e. The first-order valence-corrected chi connectivity index (χ1v) is 6.31. The predicted octanol–water partition coefficient (Wildman–Crippen LogP) is 4.94. The van der Waals surface area contributed by atoms with Crippen molar-refractivity contribution < 1.29 is 13.2 Å². The molecule has 0 saturated heterocycles. The highest BCUT2D eigenvalue weighted by Crippen LogP contribution is 2.30. The molecule has 1 aromatic heterocycles. The zero-order valence-electron chi connectivity index (χ0n) is 10.9. The Bertz CT molecular complexity index is 783. The molecule has 0 unspecified atom stereocenters. The Kier molecular flexibility index (Phi) is 3.25. The average Bonchev–Trinajstić information content (AvgIpc) is 2.93. The molecular formula is C16H11F3N2. The second kappa shape index (κ2) is 5.09. The van der Waals surface area contributed by atoms with Crippen molar-refractivity contribution in [3.05, 3.63) is 65.9 Å². The lowest BCUT2D eigenvalue weighted by Gasteiger charge is -2.05. The van der Waals surface area contributed by atoms with Gasteiger partial charge in [0.2, 0.25) is 0 Å². The third kappa shape index (κ3) is 2.81. The Morgan fingerprint density at radius 3 is 2.43 bits per heavy atom. The zero-order chi connectivity index (χ0) is 14.9. The summed E-state index contributed by atoms with van der Waals surface area (Å²) in [4.78, 5) is 7.33. The molecule has 0 atom stereocenters. The standard InChI is InChI=1S/C16H11F3N2/c17-16(18,19)13-4-6-14(7-5-13)21-10-12-3-1-2-11-8-9-20-15(11)12/h1-10,20H/b21-10+. The van der Waals surface area contributed by atoms with E-state index in [0.29, 0.717) is 5.69 Å². The van der Waals surface area contributed by atoms with E-state index in [9.17, 15) is 13.2 Å². The number of para-hydroxylation sites is 1. The van der Waals surface area contributed by atoms with Crippen molar-refractivity contribution in [2.24, 2.45) is 4.99 Å². The van der Waals surface area contributed by atoms with Crippen molar-refractivity contribution in [3.63, 3.8) is 0 Å². The Balaban J connectivity index is 1.88. The number of aliphatic imine (C=N–C) groups is 1. The molecular weight excluding hydrogens is 277 g/mol. The monoisotopic (exact) mass is 288 g/mol. The molecule has 106 valence electrons. The summed E-state index contributed by atoms with van der Waals surface area (Å²) in [6.07, 6.45) is -0.848. The molecule has 0 saturated carbocycles. The number of hydrogen-bond acceptors (Lipinski definition) is 1. The van der Waals surface area contributed by atoms with Crippen molar-refractivity contribution >= 4 is 22.8 Å². The molecule has 21 heavy (non-hydrogen) atoms. The number of H-pyrrole nitrogens is 1. The highest BCUT2D eigenvalue weighted by atomic mass is 19.4. The Hall–Kier alpha value is -2.56. The molecule has 0 aliphatic heterocycles. The first-order chi connectivity index (χ1) is 10.0. The number of nitrogens with one attached hydrogen (secondary N) is 1. The van der Waals surface area contributed by atoms with Gasteiger partial charge in [-0.3, -0.25) is 4.99 Å². The van der Waals surface area contributed by atoms with E-state index in [0.717, 1.165) is 28.6 Å². The lowest BCUT2D eigenvalue weighted by atomic mass is 10.1. The Morgan fingerprint density at radius 1 is 0.952 bits per heavy atom. The van der Waals surface area contributed by atoms with E-state index in [4.69, 9.17) is 0 Å². The van der Waals surface area contributed by atoms with Gasteiger partial charge in [-0.2, -0.15) is 13.2 Å². The number of nitrogens with zero attached hydrogens (tertiary/aromatic N) is 1. The number of benzene rings is 2. The number of alkyl halides is 3. The maximum Gasteiger partial charge on any atom is 0.416 e. The quantitative estimate of drug-likeness (QED) is 0.647. The molecule has 0 bridgehead atoms. The molecule has 0 aliphatic rings. The van der Waals surface area contributed by atoms with Crippen LogP contribution >= 0.6 is 0 Å². The van der Waals surface area contributed by atoms with Crippen molar-refractivity contribution in [1.29, 1.82) is 0 Å². The lowest BCUT2D eigenvalue weighted by molar-refractivity contribution is -0.137. The number of hydrogen-bond donors (Lipinski definition) is 1. The first-order valence-electron chi connectivity index (χ1n) is 6.31. The maximum atomic E-state index is 12.5. The van der Waals surface area contributed by atoms with Crippen LogP contribution in [0.1, 0.15) is 11.1 Å². The smallest absolute Gasteiger partial charge is 0.361 e. The fourth-order valence-corrected chi connectivity index (χ4v) is 2.10. The molecule has 0 spiro atoms. The third-order valence-electron chi connectivity index (χ3n) is 3.17. The van der Waals surface area contributed by atoms with E-state index in [2.05, 4.69) is 9.98 Å². The van der Waals surface area contributed by atoms with Gasteiger partial charge in [-0.1, -0.05) is 18.2 Å². The van der Waals surface area contributed by atoms with Crippen LogP contribution in [0.3, 0.4) is 0 Å². The van der Waals surface area contributed by atoms with Crippen LogP contribution in [0, 0.1) is 0 Å². The summed E-state index contributed by atoms with van der Waals surface area (Å²) in [5.74, 6) is 0. The van der Waals surface area contributed by atoms with Crippen LogP contribution in [0.5, 0.6) is 0 Å². The third-order valence-corrected chi connectivity index (χ3v) is 3.17. The summed E-state index contributed by atoms with van der Waals surface area (Å²) in [7, 11) is 0. The molecule has 2 aromatic carbocycles. The number of halogens is 3. The van der Waals surface area contributed by atoms with Crippen LogP contribution in [0.25, 0.3) is 10.9 Å². The topological polar surface area (TPSA) is 28.1 Å². The van der Waals surface area contributed by atoms with E-state index in [1.54, 1.807) is 6.21 Å². The second-order valence-electron chi connectivity index (χ2n) is 4.59. The van der Waals surface area contributed by atoms with Gasteiger partial charge in [-0.05, 0) is 30.3 Å². The van der Waals surface area contributed by atoms with Crippen LogP contribution in [-0.2, 0) is 6.18 Å². The van der Waals surface area contributed by atoms with Gasteiger partial charge in [-0.25, -0.2) is 0 Å². The van der Waals surface area contributed by atoms with Crippen LogP contribution < -0.4 is 0 Å². The molecule has 3 rings (SSSR count). The molecule has 3 aromatic rings. The van der Waals surface area contributed by atoms with E-state index >= 15 is 0 Å². The number of rotatable bonds is 2. The van der Waals surface area contributed by atoms with Gasteiger partial charge in [0, 0.05) is 23.4 Å². The van der Waals surface area contributed by atoms with Crippen LogP contribution in [0.4, 0.5) is 18.9 Å². The minimum absolute atomic E-state index is 0.478. The maximum absolute atomic E-state index is 12.5. The van der Waals surface area contributed by atoms with E-state index in [-0.39, 0.29) is 0 Å². The van der Waals surface area contributed by atoms with Gasteiger partial charge in [0.15, 0.2) is 0 Å². The number of aromatic nitrogens is 1. The SMILES string of the molecule is FC(F)(F)c1ccc(/N=C/c2cccc3cc[nH]c23)cc1. The molecule has 0 fully saturated rings. The molecule has 0 amide bonds. The summed E-state index contributed by atoms with van der Waals surface area (Å²) < 4.78 is 37.4. The van der Waals surface area contributed by atoms with Gasteiger partial charge in [0.05, 0.1) is 16.8 Å². The van der Waals surface area contributed by atoms with Gasteiger partial charge in [0.1, 0.15) is 0 Å². The van der Waals surface area contributed by atoms with Gasteiger partial charge < -0.3 is 4.98 Å². The van der Waals surface area contributed by atoms with Crippen LogP contribution in [0.15, 0.2) is 59.7 Å². The zero-order valence-corrected chi connectivity index (χ0v) is 10.9. The van der Waals surface area contributed by atoms with Gasteiger partial charge >= 0.3 is 6.18 Å². The summed E-state index contributed by atoms with van der Waals surface area (Å²) in [6, 6.07) is 12.5. The lowest BCUT2D eigenvalue weighted by Crippen LogP contribution is -2.03. The Labute approximate surface area is 119 Å². The second-order valence-corrected chi connectivity index (χ2v) is 4.59. The van der Waals surface area contributed by atoms with Crippen molar-refractivity contribution in [3.8, 4) is 0 Å². The normalized spacial score (nSPS) is 12.3. The highest BCUT2D eigenvalue weighted by molar-refractivity contribution is 5.98. The molecule has 5 heteroatoms. The molecule has 0 radical (unpaired) electrons. The average molecular weight is 288 g/mol. The first kappa shape index (κ1) is 13.4. The number of fused-ring (bicyclic) bond motifs is 1. The summed E-state index contributed by atoms with van der Waals surface area (Å²) in [5, 5.41) is 1.06. The van der Waals surface area contributed by atoms with Crippen LogP contribution in [-0.4, -0.2) is 11.2 Å². The van der Waals surface area contributed by atoms with Crippen molar-refractivity contribution in [2.75, 3.05) is 0 Å². The van der Waals surface area contributed by atoms with E-state index < -0.39 is 11.7 Å². The summed E-state index contributed by atoms with van der Waals surface area (Å²) >= 11 is 0. The fraction of sp³-hybridized carbons (Fsp3) is 0.0625. The van der Waals surface area contributed by atoms with Gasteiger partial charge in [0.25, 0.3) is 0 Å². The Morgan fingerprint density at radius 2 is 1.71 bits per heavy atom. The predicted molar refractivity (Wildman–Crippen MR) is 77.0 cm³/mol. The fourth-order valence-electron chi connectivity index (χ4n) is 2.10. The van der Waals surface area contributed by atoms with E-state index in [1.165, 1.54) is 12.1 Å². The van der Waals surface area contributed by atoms with E-state index in [1.807, 2.05) is 30.5 Å². The molecule has 0 aliphatic carbocycles. The largest absolute Gasteiger partial charge is 0.416 e. The summed E-state index contributed by atoms with van der Waals surface area (Å²) in [6.45, 7) is 0. The minimum atomic E-state index is -4.32. The van der Waals surface area contributed by atoms with Gasteiger partial charge in [-0.15, -0.1) is 0 Å². The van der Waals surface area contributed by atoms with Crippen LogP contribution in [0.2, 0.25) is 0 Å². The van der Waals surface area contributed by atoms with Crippen molar-refractivity contribution in [1.82, 2.24) is 4.98 Å².